The van der Waals surface area contributed by atoms with Crippen molar-refractivity contribution in [3.8, 4) is 11.5 Å². The van der Waals surface area contributed by atoms with Crippen LogP contribution in [0.2, 0.25) is 0 Å². The number of hydrogen-bond acceptors (Lipinski definition) is 2. The molecule has 0 unspecified atom stereocenters. The van der Waals surface area contributed by atoms with Gasteiger partial charge in [-0.2, -0.15) is 0 Å². The third-order valence-corrected chi connectivity index (χ3v) is 5.31. The number of hydrogen-bond donors (Lipinski definition) is 2. The van der Waals surface area contributed by atoms with Crippen LogP contribution in [0.15, 0.2) is 97.1 Å². The molecule has 6 aromatic carbocycles. The van der Waals surface area contributed by atoms with Crippen molar-refractivity contribution >= 4 is 43.1 Å². The average molecular weight is 452 g/mol. The van der Waals surface area contributed by atoms with Gasteiger partial charge in [-0.25, -0.2) is 0 Å². The summed E-state index contributed by atoms with van der Waals surface area (Å²) in [6.07, 6.45) is 0. The Morgan fingerprint density at radius 2 is 0.839 bits per heavy atom. The first kappa shape index (κ1) is 20.8. The van der Waals surface area contributed by atoms with Gasteiger partial charge < -0.3 is 10.2 Å². The summed E-state index contributed by atoms with van der Waals surface area (Å²) in [4.78, 5) is 0. The molecular formula is C28H18O2Zn. The van der Waals surface area contributed by atoms with Crippen LogP contribution in [-0.2, 0) is 19.5 Å². The molecule has 0 heterocycles. The molecule has 0 radical (unpaired) electrons. The van der Waals surface area contributed by atoms with Gasteiger partial charge in [-0.05, 0) is 12.1 Å². The zero-order valence-corrected chi connectivity index (χ0v) is 19.8. The Hall–Kier alpha value is -3.42. The molecule has 2 N–H and O–H groups in total. The Morgan fingerprint density at radius 1 is 0.452 bits per heavy atom. The summed E-state index contributed by atoms with van der Waals surface area (Å²) in [6, 6.07) is 37.3. The fourth-order valence-electron chi connectivity index (χ4n) is 3.91. The van der Waals surface area contributed by atoms with Crippen molar-refractivity contribution in [1.29, 1.82) is 0 Å². The minimum absolute atomic E-state index is 0. The Bertz CT molecular complexity index is 1410. The fourth-order valence-corrected chi connectivity index (χ4v) is 3.91. The van der Waals surface area contributed by atoms with E-state index in [9.17, 15) is 10.2 Å². The molecule has 3 heteroatoms. The molecule has 0 spiro atoms. The van der Waals surface area contributed by atoms with E-state index in [1.165, 1.54) is 0 Å². The fraction of sp³-hybridized carbons (Fsp3) is 0. The van der Waals surface area contributed by atoms with E-state index in [-0.39, 0.29) is 19.5 Å². The molecule has 31 heavy (non-hydrogen) atoms. The van der Waals surface area contributed by atoms with Gasteiger partial charge in [-0.15, -0.1) is 70.1 Å². The van der Waals surface area contributed by atoms with E-state index in [4.69, 9.17) is 0 Å². The maximum absolute atomic E-state index is 9.85. The molecule has 0 aliphatic heterocycles. The molecule has 0 aromatic heterocycles. The Balaban J connectivity index is 0.000000144. The van der Waals surface area contributed by atoms with Crippen LogP contribution in [0.1, 0.15) is 0 Å². The summed E-state index contributed by atoms with van der Waals surface area (Å²) in [5, 5.41) is 27.7. The first-order valence-corrected chi connectivity index (χ1v) is 9.74. The van der Waals surface area contributed by atoms with Crippen LogP contribution in [-0.4, -0.2) is 10.2 Å². The summed E-state index contributed by atoms with van der Waals surface area (Å²) in [5.41, 5.74) is 0. The zero-order valence-electron chi connectivity index (χ0n) is 16.8. The molecule has 6 rings (SSSR count). The summed E-state index contributed by atoms with van der Waals surface area (Å²) in [5.74, 6) is 0.640. The number of benzene rings is 6. The second-order valence-corrected chi connectivity index (χ2v) is 7.15. The molecule has 144 valence electrons. The molecule has 0 saturated heterocycles. The van der Waals surface area contributed by atoms with Crippen molar-refractivity contribution in [2.75, 3.05) is 0 Å². The number of phenols is 2. The van der Waals surface area contributed by atoms with Crippen LogP contribution in [0.25, 0.3) is 43.1 Å². The van der Waals surface area contributed by atoms with Crippen LogP contribution in [0.4, 0.5) is 0 Å². The monoisotopic (exact) mass is 450 g/mol. The third kappa shape index (κ3) is 3.85. The quantitative estimate of drug-likeness (QED) is 0.148. The molecule has 0 atom stereocenters. The third-order valence-electron chi connectivity index (χ3n) is 5.31. The molecule has 0 saturated carbocycles. The Morgan fingerprint density at radius 3 is 1.29 bits per heavy atom. The smallest absolute Gasteiger partial charge is 0.517 e. The molecule has 0 fully saturated rings. The van der Waals surface area contributed by atoms with Crippen molar-refractivity contribution in [2.24, 2.45) is 0 Å². The van der Waals surface area contributed by atoms with E-state index in [2.05, 4.69) is 12.1 Å². The molecule has 0 bridgehead atoms. The number of fused-ring (bicyclic) bond motifs is 6. The summed E-state index contributed by atoms with van der Waals surface area (Å²) in [6.45, 7) is 0. The van der Waals surface area contributed by atoms with Crippen LogP contribution in [0, 0.1) is 12.1 Å². The summed E-state index contributed by atoms with van der Waals surface area (Å²) < 4.78 is 0. The SMILES string of the molecule is Oc1cccc2ccc3ccc[c-]c3c12.Oc1cccc2ccc3ccc[c-]c3c12.[Zn+2]. The van der Waals surface area contributed by atoms with Gasteiger partial charge in [0.25, 0.3) is 0 Å². The van der Waals surface area contributed by atoms with Gasteiger partial charge in [0.05, 0.1) is 11.5 Å². The molecule has 6 aromatic rings. The van der Waals surface area contributed by atoms with Gasteiger partial charge >= 0.3 is 19.5 Å². The van der Waals surface area contributed by atoms with E-state index in [0.29, 0.717) is 11.5 Å². The summed E-state index contributed by atoms with van der Waals surface area (Å²) >= 11 is 0. The Kier molecular flexibility index (Phi) is 5.88. The van der Waals surface area contributed by atoms with Crippen LogP contribution < -0.4 is 0 Å². The van der Waals surface area contributed by atoms with Crippen molar-refractivity contribution in [3.63, 3.8) is 0 Å². The molecule has 2 nitrogen and oxygen atoms in total. The van der Waals surface area contributed by atoms with Crippen molar-refractivity contribution in [2.45, 2.75) is 0 Å². The first-order chi connectivity index (χ1) is 14.7. The second-order valence-electron chi connectivity index (χ2n) is 7.15. The molecule has 0 aliphatic carbocycles. The van der Waals surface area contributed by atoms with Crippen molar-refractivity contribution < 1.29 is 29.7 Å². The van der Waals surface area contributed by atoms with Crippen LogP contribution >= 0.6 is 0 Å². The van der Waals surface area contributed by atoms with Gasteiger partial charge in [0.2, 0.25) is 0 Å². The molecule has 0 aliphatic rings. The predicted octanol–water partition coefficient (Wildman–Crippen LogP) is 7.00. The minimum atomic E-state index is 0. The summed E-state index contributed by atoms with van der Waals surface area (Å²) in [7, 11) is 0. The molecular weight excluding hydrogens is 434 g/mol. The number of aromatic hydroxyl groups is 2. The Labute approximate surface area is 193 Å². The standard InChI is InChI=1S/2C14H9O.Zn/c2*15-13-7-3-5-11-9-8-10-4-1-2-6-12(10)14(11)13;/h2*1-5,7-9,15H;/q2*-1;+2. The van der Waals surface area contributed by atoms with E-state index in [1.807, 2.05) is 84.9 Å². The van der Waals surface area contributed by atoms with Crippen molar-refractivity contribution in [3.05, 3.63) is 109 Å². The van der Waals surface area contributed by atoms with E-state index < -0.39 is 0 Å². The first-order valence-electron chi connectivity index (χ1n) is 9.74. The average Bonchev–Trinajstić information content (AvgIpc) is 2.79. The number of rotatable bonds is 0. The van der Waals surface area contributed by atoms with E-state index in [1.54, 1.807) is 12.1 Å². The van der Waals surface area contributed by atoms with E-state index >= 15 is 0 Å². The topological polar surface area (TPSA) is 40.5 Å². The minimum Gasteiger partial charge on any atom is -0.517 e. The van der Waals surface area contributed by atoms with Gasteiger partial charge in [-0.3, -0.25) is 0 Å². The van der Waals surface area contributed by atoms with Crippen LogP contribution in [0.3, 0.4) is 0 Å². The second kappa shape index (κ2) is 8.75. The normalized spacial score (nSPS) is 10.6. The van der Waals surface area contributed by atoms with Crippen LogP contribution in [0.5, 0.6) is 11.5 Å². The largest absolute Gasteiger partial charge is 2.00 e. The van der Waals surface area contributed by atoms with Gasteiger partial charge in [0, 0.05) is 0 Å². The maximum Gasteiger partial charge on any atom is 2.00 e. The van der Waals surface area contributed by atoms with Gasteiger partial charge in [-0.1, -0.05) is 70.1 Å². The van der Waals surface area contributed by atoms with Gasteiger partial charge in [0.15, 0.2) is 0 Å². The maximum atomic E-state index is 9.85. The zero-order chi connectivity index (χ0) is 20.5. The van der Waals surface area contributed by atoms with Gasteiger partial charge in [0.1, 0.15) is 0 Å². The number of phenolic OH excluding ortho intramolecular Hbond substituents is 2. The van der Waals surface area contributed by atoms with E-state index in [0.717, 1.165) is 43.1 Å². The van der Waals surface area contributed by atoms with Crippen molar-refractivity contribution in [1.82, 2.24) is 0 Å². The molecule has 0 amide bonds. The predicted molar refractivity (Wildman–Crippen MR) is 124 cm³/mol.